The van der Waals surface area contributed by atoms with E-state index in [-0.39, 0.29) is 18.1 Å². The number of carbonyl (C=O) groups excluding carboxylic acids is 1. The highest BCUT2D eigenvalue weighted by Crippen LogP contribution is 2.26. The number of rotatable bonds is 4. The largest absolute Gasteiger partial charge is 0.573 e. The van der Waals surface area contributed by atoms with Crippen molar-refractivity contribution in [1.82, 2.24) is 14.4 Å². The highest BCUT2D eigenvalue weighted by atomic mass is 19.4. The molecule has 26 heavy (non-hydrogen) atoms. The van der Waals surface area contributed by atoms with Crippen molar-refractivity contribution in [3.05, 3.63) is 48.0 Å². The van der Waals surface area contributed by atoms with Gasteiger partial charge in [-0.25, -0.2) is 9.78 Å². The van der Waals surface area contributed by atoms with E-state index in [1.54, 1.807) is 24.4 Å². The highest BCUT2D eigenvalue weighted by molar-refractivity contribution is 5.89. The minimum absolute atomic E-state index is 0.194. The van der Waals surface area contributed by atoms with Crippen molar-refractivity contribution in [3.8, 4) is 17.0 Å². The summed E-state index contributed by atoms with van der Waals surface area (Å²) in [4.78, 5) is 20.4. The van der Waals surface area contributed by atoms with Gasteiger partial charge in [0.2, 0.25) is 0 Å². The molecule has 3 rings (SSSR count). The second-order valence-corrected chi connectivity index (χ2v) is 5.34. The number of alkyl halides is 3. The Kier molecular flexibility index (Phi) is 4.54. The lowest BCUT2D eigenvalue weighted by molar-refractivity contribution is -0.274. The van der Waals surface area contributed by atoms with Gasteiger partial charge in [-0.15, -0.1) is 13.2 Å². The van der Waals surface area contributed by atoms with Crippen molar-refractivity contribution in [1.29, 1.82) is 0 Å². The summed E-state index contributed by atoms with van der Waals surface area (Å²) in [6, 6.07) is 5.35. The number of halogens is 3. The molecule has 0 aliphatic rings. The first kappa shape index (κ1) is 17.7. The zero-order chi connectivity index (χ0) is 18.9. The van der Waals surface area contributed by atoms with Crippen LogP contribution >= 0.6 is 0 Å². The summed E-state index contributed by atoms with van der Waals surface area (Å²) in [6.45, 7) is 3.66. The van der Waals surface area contributed by atoms with E-state index in [1.165, 1.54) is 30.5 Å². The van der Waals surface area contributed by atoms with Crippen LogP contribution in [-0.4, -0.2) is 33.3 Å². The Bertz CT molecular complexity index is 950. The summed E-state index contributed by atoms with van der Waals surface area (Å²) in [5.74, 6) is -0.838. The van der Waals surface area contributed by atoms with Gasteiger partial charge in [-0.3, -0.25) is 9.38 Å². The van der Waals surface area contributed by atoms with Gasteiger partial charge >= 0.3 is 12.3 Å². The first-order valence-corrected chi connectivity index (χ1v) is 7.66. The maximum atomic E-state index is 12.2. The van der Waals surface area contributed by atoms with Crippen LogP contribution in [0.1, 0.15) is 23.1 Å². The molecule has 3 aromatic rings. The molecule has 1 aromatic carbocycles. The number of esters is 1. The third-order valence-corrected chi connectivity index (χ3v) is 3.60. The molecule has 136 valence electrons. The average Bonchev–Trinajstić information content (AvgIpc) is 2.91. The minimum Gasteiger partial charge on any atom is -0.461 e. The van der Waals surface area contributed by atoms with Gasteiger partial charge in [0, 0.05) is 11.8 Å². The van der Waals surface area contributed by atoms with Gasteiger partial charge in [-0.2, -0.15) is 0 Å². The summed E-state index contributed by atoms with van der Waals surface area (Å²) < 4.78 is 47.2. The van der Waals surface area contributed by atoms with E-state index in [1.807, 2.05) is 0 Å². The molecule has 2 heterocycles. The highest BCUT2D eigenvalue weighted by Gasteiger charge is 2.31. The van der Waals surface area contributed by atoms with Crippen LogP contribution in [0.3, 0.4) is 0 Å². The van der Waals surface area contributed by atoms with E-state index in [9.17, 15) is 18.0 Å². The number of ether oxygens (including phenoxy) is 2. The van der Waals surface area contributed by atoms with Gasteiger partial charge in [0.05, 0.1) is 24.2 Å². The Hall–Kier alpha value is -3.10. The molecule has 9 heteroatoms. The molecular weight excluding hydrogens is 351 g/mol. The number of aromatic nitrogens is 3. The fourth-order valence-corrected chi connectivity index (χ4v) is 2.44. The van der Waals surface area contributed by atoms with Gasteiger partial charge in [0.25, 0.3) is 0 Å². The van der Waals surface area contributed by atoms with E-state index >= 15 is 0 Å². The third-order valence-electron chi connectivity index (χ3n) is 3.60. The maximum absolute atomic E-state index is 12.2. The van der Waals surface area contributed by atoms with Crippen LogP contribution < -0.4 is 4.74 Å². The summed E-state index contributed by atoms with van der Waals surface area (Å²) in [7, 11) is 0. The molecule has 2 aromatic heterocycles. The molecule has 0 bridgehead atoms. The molecule has 0 spiro atoms. The topological polar surface area (TPSA) is 65.7 Å². The fraction of sp³-hybridized carbons (Fsp3) is 0.235. The minimum atomic E-state index is -4.74. The smallest absolute Gasteiger partial charge is 0.461 e. The Morgan fingerprint density at radius 3 is 2.54 bits per heavy atom. The zero-order valence-corrected chi connectivity index (χ0v) is 13.9. The molecule has 0 N–H and O–H groups in total. The fourth-order valence-electron chi connectivity index (χ4n) is 2.44. The molecule has 0 amide bonds. The van der Waals surface area contributed by atoms with Crippen LogP contribution in [0.2, 0.25) is 0 Å². The van der Waals surface area contributed by atoms with Gasteiger partial charge in [-0.1, -0.05) is 0 Å². The van der Waals surface area contributed by atoms with Crippen molar-refractivity contribution in [2.24, 2.45) is 0 Å². The monoisotopic (exact) mass is 365 g/mol. The predicted molar refractivity (Wildman–Crippen MR) is 85.8 cm³/mol. The quantitative estimate of drug-likeness (QED) is 0.659. The SMILES string of the molecule is CCOC(=O)c1nc2cnc(-c3ccc(OC(F)(F)F)cc3)cn2c1C. The molecule has 0 atom stereocenters. The number of imidazole rings is 1. The first-order chi connectivity index (χ1) is 12.3. The molecule has 0 saturated heterocycles. The molecule has 0 fully saturated rings. The van der Waals surface area contributed by atoms with Crippen LogP contribution in [0.25, 0.3) is 16.9 Å². The number of carbonyl (C=O) groups is 1. The molecular formula is C17H14F3N3O3. The molecule has 0 unspecified atom stereocenters. The summed E-state index contributed by atoms with van der Waals surface area (Å²) in [5.41, 5.74) is 2.34. The van der Waals surface area contributed by atoms with Crippen molar-refractivity contribution < 1.29 is 27.4 Å². The van der Waals surface area contributed by atoms with Crippen molar-refractivity contribution in [3.63, 3.8) is 0 Å². The van der Waals surface area contributed by atoms with Crippen LogP contribution in [0, 0.1) is 6.92 Å². The molecule has 0 aliphatic carbocycles. The average molecular weight is 365 g/mol. The first-order valence-electron chi connectivity index (χ1n) is 7.66. The van der Waals surface area contributed by atoms with Crippen LogP contribution in [0.5, 0.6) is 5.75 Å². The summed E-state index contributed by atoms with van der Waals surface area (Å²) in [5, 5.41) is 0. The normalized spacial score (nSPS) is 11.6. The lowest BCUT2D eigenvalue weighted by Gasteiger charge is -2.09. The van der Waals surface area contributed by atoms with Crippen LogP contribution in [0.4, 0.5) is 13.2 Å². The second kappa shape index (κ2) is 6.66. The van der Waals surface area contributed by atoms with E-state index in [2.05, 4.69) is 14.7 Å². The third kappa shape index (κ3) is 3.61. The van der Waals surface area contributed by atoms with Gasteiger partial charge in [0.1, 0.15) is 5.75 Å². The van der Waals surface area contributed by atoms with Crippen molar-refractivity contribution in [2.45, 2.75) is 20.2 Å². The number of nitrogens with zero attached hydrogens (tertiary/aromatic N) is 3. The Labute approximate surface area is 146 Å². The van der Waals surface area contributed by atoms with Crippen molar-refractivity contribution >= 4 is 11.6 Å². The Morgan fingerprint density at radius 2 is 1.92 bits per heavy atom. The maximum Gasteiger partial charge on any atom is 0.573 e. The van der Waals surface area contributed by atoms with E-state index in [4.69, 9.17) is 4.74 Å². The Morgan fingerprint density at radius 1 is 1.23 bits per heavy atom. The van der Waals surface area contributed by atoms with Gasteiger partial charge < -0.3 is 9.47 Å². The predicted octanol–water partition coefficient (Wildman–Crippen LogP) is 3.78. The number of fused-ring (bicyclic) bond motifs is 1. The summed E-state index contributed by atoms with van der Waals surface area (Å²) in [6.07, 6.45) is -1.61. The lowest BCUT2D eigenvalue weighted by Crippen LogP contribution is -2.16. The number of benzene rings is 1. The molecule has 0 radical (unpaired) electrons. The number of hydrogen-bond donors (Lipinski definition) is 0. The number of hydrogen-bond acceptors (Lipinski definition) is 5. The van der Waals surface area contributed by atoms with Gasteiger partial charge in [-0.05, 0) is 38.1 Å². The summed E-state index contributed by atoms with van der Waals surface area (Å²) >= 11 is 0. The molecule has 0 saturated carbocycles. The number of aryl methyl sites for hydroxylation is 1. The Balaban J connectivity index is 1.94. The van der Waals surface area contributed by atoms with Crippen LogP contribution in [0.15, 0.2) is 36.7 Å². The van der Waals surface area contributed by atoms with E-state index in [0.717, 1.165) is 0 Å². The zero-order valence-electron chi connectivity index (χ0n) is 13.9. The van der Waals surface area contributed by atoms with E-state index < -0.39 is 12.3 Å². The molecule has 0 aliphatic heterocycles. The van der Waals surface area contributed by atoms with Gasteiger partial charge in [0.15, 0.2) is 11.3 Å². The molecule has 6 nitrogen and oxygen atoms in total. The van der Waals surface area contributed by atoms with Crippen molar-refractivity contribution in [2.75, 3.05) is 6.61 Å². The van der Waals surface area contributed by atoms with Crippen LogP contribution in [-0.2, 0) is 4.74 Å². The standard InChI is InChI=1S/C17H14F3N3O3/c1-3-25-16(24)15-10(2)23-9-13(21-8-14(23)22-15)11-4-6-12(7-5-11)26-17(18,19)20/h4-9H,3H2,1-2H3. The second-order valence-electron chi connectivity index (χ2n) is 5.34. The van der Waals surface area contributed by atoms with E-state index in [0.29, 0.717) is 22.6 Å². The lowest BCUT2D eigenvalue weighted by atomic mass is 10.1.